The van der Waals surface area contributed by atoms with Gasteiger partial charge in [0.15, 0.2) is 0 Å². The van der Waals surface area contributed by atoms with Crippen LogP contribution in [0.25, 0.3) is 0 Å². The van der Waals surface area contributed by atoms with Gasteiger partial charge in [-0.05, 0) is 0 Å². The molecular weight excluding hydrogens is 216 g/mol. The molecule has 0 saturated heterocycles. The summed E-state index contributed by atoms with van der Waals surface area (Å²) >= 11 is 0. The van der Waals surface area contributed by atoms with Crippen LogP contribution in [0.2, 0.25) is 0 Å². The van der Waals surface area contributed by atoms with Gasteiger partial charge < -0.3 is 0 Å². The van der Waals surface area contributed by atoms with E-state index in [4.69, 9.17) is 0 Å². The molecule has 0 aliphatic heterocycles. The third-order valence-electron chi connectivity index (χ3n) is 1.67. The summed E-state index contributed by atoms with van der Waals surface area (Å²) in [6.45, 7) is 4.36. The Kier molecular flexibility index (Phi) is 18.4. The molecule has 0 fully saturated rings. The maximum atomic E-state index is 2.99. The van der Waals surface area contributed by atoms with Gasteiger partial charge in [0, 0.05) is 0 Å². The molecule has 2 rings (SSSR count). The first kappa shape index (κ1) is 17.1. The van der Waals surface area contributed by atoms with Gasteiger partial charge in [0.2, 0.25) is 0 Å². The molecule has 0 aromatic carbocycles. The molecule has 0 unspecified atom stereocenters. The molecule has 15 heavy (non-hydrogen) atoms. The second-order valence-corrected chi connectivity index (χ2v) is 3.01. The first-order valence-corrected chi connectivity index (χ1v) is 5.35. The summed E-state index contributed by atoms with van der Waals surface area (Å²) in [5.41, 5.74) is 0. The van der Waals surface area contributed by atoms with Crippen molar-refractivity contribution in [3.8, 4) is 0 Å². The maximum absolute atomic E-state index is 2.99. The zero-order chi connectivity index (χ0) is 10.5. The fourth-order valence-electron chi connectivity index (χ4n) is 0.680. The standard InChI is InChI=1S/2C5H5.C4H10.Ti/c2*1-2-4-5-3-1;1-3-4-2;/h2*1-3H,4H2;3-4H2,1-2H3;/q2*-1;;+2. The number of hydrogen-bond acceptors (Lipinski definition) is 0. The molecule has 80 valence electrons. The summed E-state index contributed by atoms with van der Waals surface area (Å²) in [7, 11) is 0. The van der Waals surface area contributed by atoms with E-state index in [1.807, 2.05) is 24.3 Å². The molecule has 0 heterocycles. The SMILES string of the molecule is CCCC.[C-]1=CC=CC1.[C-]1=CC=CC1.[Ti+2]. The Bertz CT molecular complexity index is 165. The van der Waals surface area contributed by atoms with E-state index in [0.29, 0.717) is 0 Å². The fourth-order valence-corrected chi connectivity index (χ4v) is 0.680. The van der Waals surface area contributed by atoms with Crippen LogP contribution in [0, 0.1) is 12.2 Å². The second kappa shape index (κ2) is 16.1. The van der Waals surface area contributed by atoms with Crippen molar-refractivity contribution in [1.82, 2.24) is 0 Å². The van der Waals surface area contributed by atoms with Crippen LogP contribution in [0.15, 0.2) is 36.5 Å². The van der Waals surface area contributed by atoms with E-state index < -0.39 is 0 Å². The monoisotopic (exact) mass is 236 g/mol. The molecule has 0 aromatic rings. The van der Waals surface area contributed by atoms with Crippen molar-refractivity contribution in [2.45, 2.75) is 39.5 Å². The van der Waals surface area contributed by atoms with Crippen molar-refractivity contribution >= 4 is 0 Å². The first-order valence-electron chi connectivity index (χ1n) is 5.35. The van der Waals surface area contributed by atoms with Crippen LogP contribution in [0.5, 0.6) is 0 Å². The third kappa shape index (κ3) is 16.4. The second-order valence-electron chi connectivity index (χ2n) is 3.01. The summed E-state index contributed by atoms with van der Waals surface area (Å²) in [6.07, 6.45) is 22.6. The minimum Gasteiger partial charge on any atom is -0.273 e. The van der Waals surface area contributed by atoms with Crippen LogP contribution >= 0.6 is 0 Å². The molecule has 0 saturated carbocycles. The van der Waals surface area contributed by atoms with Gasteiger partial charge in [-0.25, -0.2) is 24.3 Å². The predicted molar refractivity (Wildman–Crippen MR) is 63.7 cm³/mol. The van der Waals surface area contributed by atoms with Gasteiger partial charge in [-0.1, -0.05) is 26.7 Å². The van der Waals surface area contributed by atoms with Crippen molar-refractivity contribution in [1.29, 1.82) is 0 Å². The number of unbranched alkanes of at least 4 members (excludes halogenated alkanes) is 1. The van der Waals surface area contributed by atoms with Crippen LogP contribution in [-0.2, 0) is 21.7 Å². The average Bonchev–Trinajstić information content (AvgIpc) is 2.94. The fraction of sp³-hybridized carbons (Fsp3) is 0.429. The Morgan fingerprint density at radius 1 is 0.867 bits per heavy atom. The predicted octanol–water partition coefficient (Wildman–Crippen LogP) is 4.42. The van der Waals surface area contributed by atoms with Gasteiger partial charge in [-0.15, -0.1) is 12.8 Å². The Morgan fingerprint density at radius 2 is 1.27 bits per heavy atom. The van der Waals surface area contributed by atoms with E-state index in [9.17, 15) is 0 Å². The minimum absolute atomic E-state index is 0. The Hall–Kier alpha value is -0.326. The van der Waals surface area contributed by atoms with Crippen molar-refractivity contribution in [2.75, 3.05) is 0 Å². The maximum Gasteiger partial charge on any atom is 2.00 e. The largest absolute Gasteiger partial charge is 2.00 e. The molecule has 0 amide bonds. The molecule has 0 atom stereocenters. The molecule has 0 N–H and O–H groups in total. The van der Waals surface area contributed by atoms with E-state index in [0.717, 1.165) is 12.8 Å². The molecule has 0 radical (unpaired) electrons. The molecule has 2 aliphatic carbocycles. The molecule has 2 aliphatic rings. The van der Waals surface area contributed by atoms with E-state index in [-0.39, 0.29) is 21.7 Å². The Labute approximate surface area is 110 Å². The van der Waals surface area contributed by atoms with Crippen molar-refractivity contribution in [3.63, 3.8) is 0 Å². The van der Waals surface area contributed by atoms with Crippen LogP contribution in [-0.4, -0.2) is 0 Å². The molecule has 0 aromatic heterocycles. The Morgan fingerprint density at radius 3 is 1.33 bits per heavy atom. The summed E-state index contributed by atoms with van der Waals surface area (Å²) in [6, 6.07) is 0. The smallest absolute Gasteiger partial charge is 0.273 e. The van der Waals surface area contributed by atoms with E-state index in [1.54, 1.807) is 0 Å². The quantitative estimate of drug-likeness (QED) is 0.467. The number of rotatable bonds is 1. The topological polar surface area (TPSA) is 0 Å². The van der Waals surface area contributed by atoms with Gasteiger partial charge >= 0.3 is 21.7 Å². The summed E-state index contributed by atoms with van der Waals surface area (Å²) in [5.74, 6) is 0. The van der Waals surface area contributed by atoms with Crippen molar-refractivity contribution in [3.05, 3.63) is 48.6 Å². The summed E-state index contributed by atoms with van der Waals surface area (Å²) in [5, 5.41) is 0. The molecule has 1 heteroatoms. The molecular formula is C14H20Ti. The van der Waals surface area contributed by atoms with Crippen LogP contribution in [0.1, 0.15) is 39.5 Å². The molecule has 0 spiro atoms. The van der Waals surface area contributed by atoms with Gasteiger partial charge in [0.1, 0.15) is 0 Å². The van der Waals surface area contributed by atoms with Gasteiger partial charge in [-0.3, -0.25) is 12.2 Å². The zero-order valence-corrected chi connectivity index (χ0v) is 11.4. The first-order chi connectivity index (χ1) is 6.91. The molecule has 0 nitrogen and oxygen atoms in total. The Balaban J connectivity index is 0. The third-order valence-corrected chi connectivity index (χ3v) is 1.67. The van der Waals surface area contributed by atoms with Crippen LogP contribution in [0.3, 0.4) is 0 Å². The van der Waals surface area contributed by atoms with Gasteiger partial charge in [0.05, 0.1) is 0 Å². The van der Waals surface area contributed by atoms with Gasteiger partial charge in [0.25, 0.3) is 0 Å². The van der Waals surface area contributed by atoms with Crippen LogP contribution < -0.4 is 0 Å². The van der Waals surface area contributed by atoms with E-state index in [2.05, 4.69) is 38.2 Å². The van der Waals surface area contributed by atoms with E-state index in [1.165, 1.54) is 12.8 Å². The summed E-state index contributed by atoms with van der Waals surface area (Å²) < 4.78 is 0. The number of allylic oxidation sites excluding steroid dienone is 8. The van der Waals surface area contributed by atoms with Crippen molar-refractivity contribution < 1.29 is 21.7 Å². The number of hydrogen-bond donors (Lipinski definition) is 0. The van der Waals surface area contributed by atoms with Gasteiger partial charge in [-0.2, -0.15) is 12.2 Å². The normalized spacial score (nSPS) is 13.7. The minimum atomic E-state index is 0. The van der Waals surface area contributed by atoms with E-state index >= 15 is 0 Å². The summed E-state index contributed by atoms with van der Waals surface area (Å²) in [4.78, 5) is 0. The molecule has 0 bridgehead atoms. The zero-order valence-electron chi connectivity index (χ0n) is 9.79. The van der Waals surface area contributed by atoms with Crippen LogP contribution in [0.4, 0.5) is 0 Å². The van der Waals surface area contributed by atoms with Crippen molar-refractivity contribution in [2.24, 2.45) is 0 Å². The average molecular weight is 236 g/mol.